The number of fused-ring (bicyclic) bond motifs is 9. The SMILES string of the molecule is c1ccc(-c2nc3ccc4cc(-n5c6ccccc6c6cc7c(cc65)c5ccccc5n7-c5ccccc5)ccc4c3o2)cc1. The Balaban J connectivity index is 1.24. The Morgan fingerprint density at radius 1 is 0.422 bits per heavy atom. The highest BCUT2D eigenvalue weighted by molar-refractivity contribution is 6.19. The summed E-state index contributed by atoms with van der Waals surface area (Å²) in [5.74, 6) is 0.642. The van der Waals surface area contributed by atoms with Gasteiger partial charge in [-0.05, 0) is 78.2 Å². The minimum Gasteiger partial charge on any atom is -0.435 e. The lowest BCUT2D eigenvalue weighted by Crippen LogP contribution is -1.94. The van der Waals surface area contributed by atoms with E-state index in [1.54, 1.807) is 0 Å². The van der Waals surface area contributed by atoms with Crippen molar-refractivity contribution in [1.82, 2.24) is 14.1 Å². The molecule has 0 radical (unpaired) electrons. The molecule has 7 aromatic carbocycles. The van der Waals surface area contributed by atoms with Gasteiger partial charge in [-0.15, -0.1) is 0 Å². The molecule has 210 valence electrons. The zero-order valence-corrected chi connectivity index (χ0v) is 24.2. The van der Waals surface area contributed by atoms with Crippen molar-refractivity contribution in [3.63, 3.8) is 0 Å². The topological polar surface area (TPSA) is 35.9 Å². The molecule has 0 atom stereocenters. The van der Waals surface area contributed by atoms with Crippen LogP contribution in [0.5, 0.6) is 0 Å². The van der Waals surface area contributed by atoms with Gasteiger partial charge >= 0.3 is 0 Å². The zero-order valence-electron chi connectivity index (χ0n) is 24.2. The summed E-state index contributed by atoms with van der Waals surface area (Å²) in [4.78, 5) is 4.79. The van der Waals surface area contributed by atoms with E-state index in [4.69, 9.17) is 9.40 Å². The maximum atomic E-state index is 6.35. The second kappa shape index (κ2) is 9.18. The first kappa shape index (κ1) is 24.3. The summed E-state index contributed by atoms with van der Waals surface area (Å²) in [5.41, 5.74) is 9.71. The fourth-order valence-corrected chi connectivity index (χ4v) is 7.11. The van der Waals surface area contributed by atoms with Crippen molar-refractivity contribution in [2.75, 3.05) is 0 Å². The molecule has 0 aliphatic carbocycles. The number of nitrogens with zero attached hydrogens (tertiary/aromatic N) is 3. The Labute approximate surface area is 258 Å². The molecule has 0 fully saturated rings. The summed E-state index contributed by atoms with van der Waals surface area (Å²) in [7, 11) is 0. The van der Waals surface area contributed by atoms with Crippen LogP contribution in [0.4, 0.5) is 0 Å². The summed E-state index contributed by atoms with van der Waals surface area (Å²) >= 11 is 0. The van der Waals surface area contributed by atoms with Gasteiger partial charge in [0.1, 0.15) is 5.52 Å². The molecule has 4 heteroatoms. The lowest BCUT2D eigenvalue weighted by Gasteiger charge is -2.10. The Bertz CT molecular complexity index is 2750. The highest BCUT2D eigenvalue weighted by Crippen LogP contribution is 2.40. The second-order valence-electron chi connectivity index (χ2n) is 11.6. The monoisotopic (exact) mass is 575 g/mol. The quantitative estimate of drug-likeness (QED) is 0.210. The highest BCUT2D eigenvalue weighted by Gasteiger charge is 2.19. The van der Waals surface area contributed by atoms with Gasteiger partial charge in [0.25, 0.3) is 0 Å². The Hall–Kier alpha value is -6.13. The number of hydrogen-bond donors (Lipinski definition) is 0. The number of oxazole rings is 1. The van der Waals surface area contributed by atoms with Gasteiger partial charge in [-0.2, -0.15) is 0 Å². The molecule has 0 N–H and O–H groups in total. The van der Waals surface area contributed by atoms with Gasteiger partial charge in [0, 0.05) is 43.9 Å². The van der Waals surface area contributed by atoms with E-state index < -0.39 is 0 Å². The van der Waals surface area contributed by atoms with Gasteiger partial charge in [0.15, 0.2) is 5.58 Å². The van der Waals surface area contributed by atoms with Crippen molar-refractivity contribution in [2.24, 2.45) is 0 Å². The molecule has 3 aromatic heterocycles. The van der Waals surface area contributed by atoms with Crippen LogP contribution in [0, 0.1) is 0 Å². The molecule has 0 saturated carbocycles. The third kappa shape index (κ3) is 3.51. The smallest absolute Gasteiger partial charge is 0.227 e. The van der Waals surface area contributed by atoms with Crippen molar-refractivity contribution < 1.29 is 4.42 Å². The summed E-state index contributed by atoms with van der Waals surface area (Å²) in [6.07, 6.45) is 0. The van der Waals surface area contributed by atoms with Crippen LogP contribution in [0.15, 0.2) is 156 Å². The predicted molar refractivity (Wildman–Crippen MR) is 186 cm³/mol. The Morgan fingerprint density at radius 2 is 1.02 bits per heavy atom. The molecule has 4 nitrogen and oxygen atoms in total. The number of rotatable bonds is 3. The Morgan fingerprint density at radius 3 is 1.71 bits per heavy atom. The summed E-state index contributed by atoms with van der Waals surface area (Å²) in [5, 5.41) is 7.12. The molecule has 3 heterocycles. The van der Waals surface area contributed by atoms with Gasteiger partial charge in [-0.25, -0.2) is 4.98 Å². The van der Waals surface area contributed by atoms with Crippen LogP contribution < -0.4 is 0 Å². The minimum atomic E-state index is 0.642. The van der Waals surface area contributed by atoms with Crippen LogP contribution in [0.3, 0.4) is 0 Å². The van der Waals surface area contributed by atoms with E-state index in [9.17, 15) is 0 Å². The van der Waals surface area contributed by atoms with Gasteiger partial charge in [-0.3, -0.25) is 0 Å². The third-order valence-electron chi connectivity index (χ3n) is 9.11. The molecule has 45 heavy (non-hydrogen) atoms. The van der Waals surface area contributed by atoms with Crippen LogP contribution in [-0.4, -0.2) is 14.1 Å². The molecule has 0 unspecified atom stereocenters. The summed E-state index contributed by atoms with van der Waals surface area (Å²) in [6, 6.07) is 53.8. The van der Waals surface area contributed by atoms with Crippen molar-refractivity contribution in [3.05, 3.63) is 152 Å². The molecule has 0 amide bonds. The first-order chi connectivity index (χ1) is 22.3. The normalized spacial score (nSPS) is 12.0. The van der Waals surface area contributed by atoms with E-state index >= 15 is 0 Å². The maximum Gasteiger partial charge on any atom is 0.227 e. The summed E-state index contributed by atoms with van der Waals surface area (Å²) in [6.45, 7) is 0. The van der Waals surface area contributed by atoms with Crippen molar-refractivity contribution >= 4 is 65.5 Å². The van der Waals surface area contributed by atoms with Crippen LogP contribution in [0.1, 0.15) is 0 Å². The van der Waals surface area contributed by atoms with E-state index in [0.717, 1.165) is 38.8 Å². The van der Waals surface area contributed by atoms with Crippen molar-refractivity contribution in [3.8, 4) is 22.8 Å². The largest absolute Gasteiger partial charge is 0.435 e. The fourth-order valence-electron chi connectivity index (χ4n) is 7.11. The van der Waals surface area contributed by atoms with E-state index in [2.05, 4.69) is 130 Å². The third-order valence-corrected chi connectivity index (χ3v) is 9.11. The predicted octanol–water partition coefficient (Wildman–Crippen LogP) is 10.8. The van der Waals surface area contributed by atoms with Crippen LogP contribution in [-0.2, 0) is 0 Å². The van der Waals surface area contributed by atoms with E-state index in [1.807, 2.05) is 30.3 Å². The number of para-hydroxylation sites is 3. The standard InChI is InChI=1S/C41H25N3O/c1-3-11-26(12-4-1)41-42-35-22-19-27-23-29(20-21-30(27)40(35)45-41)44-37-18-10-8-16-32(37)34-24-38-33(25-39(34)44)31-15-7-9-17-36(31)43(38)28-13-5-2-6-14-28/h1-25H. The highest BCUT2D eigenvalue weighted by atomic mass is 16.3. The fraction of sp³-hybridized carbons (Fsp3) is 0. The van der Waals surface area contributed by atoms with Gasteiger partial charge in [0.05, 0.1) is 22.1 Å². The molecular formula is C41H25N3O. The second-order valence-corrected chi connectivity index (χ2v) is 11.6. The van der Waals surface area contributed by atoms with E-state index in [-0.39, 0.29) is 0 Å². The molecule has 10 rings (SSSR count). The molecule has 0 bridgehead atoms. The number of aromatic nitrogens is 3. The molecule has 0 aliphatic heterocycles. The lowest BCUT2D eigenvalue weighted by molar-refractivity contribution is 0.623. The molecule has 0 spiro atoms. The van der Waals surface area contributed by atoms with E-state index in [0.29, 0.717) is 5.89 Å². The first-order valence-electron chi connectivity index (χ1n) is 15.2. The van der Waals surface area contributed by atoms with Gasteiger partial charge < -0.3 is 13.6 Å². The van der Waals surface area contributed by atoms with Crippen LogP contribution in [0.2, 0.25) is 0 Å². The average Bonchev–Trinajstić information content (AvgIpc) is 3.78. The molecule has 0 saturated heterocycles. The maximum absolute atomic E-state index is 6.35. The lowest BCUT2D eigenvalue weighted by atomic mass is 10.1. The zero-order chi connectivity index (χ0) is 29.5. The first-order valence-corrected chi connectivity index (χ1v) is 15.2. The minimum absolute atomic E-state index is 0.642. The number of hydrogen-bond acceptors (Lipinski definition) is 2. The average molecular weight is 576 g/mol. The molecule has 10 aromatic rings. The Kier molecular flexibility index (Phi) is 4.96. The van der Waals surface area contributed by atoms with Crippen LogP contribution >= 0.6 is 0 Å². The summed E-state index contributed by atoms with van der Waals surface area (Å²) < 4.78 is 11.1. The van der Waals surface area contributed by atoms with Crippen molar-refractivity contribution in [2.45, 2.75) is 0 Å². The molecule has 0 aliphatic rings. The van der Waals surface area contributed by atoms with Gasteiger partial charge in [-0.1, -0.05) is 78.9 Å². The van der Waals surface area contributed by atoms with E-state index in [1.165, 1.54) is 43.6 Å². The van der Waals surface area contributed by atoms with Crippen LogP contribution in [0.25, 0.3) is 88.3 Å². The van der Waals surface area contributed by atoms with Crippen molar-refractivity contribution in [1.29, 1.82) is 0 Å². The molecular weight excluding hydrogens is 550 g/mol. The van der Waals surface area contributed by atoms with Gasteiger partial charge in [0.2, 0.25) is 5.89 Å². The number of benzene rings is 7.